The van der Waals surface area contributed by atoms with Gasteiger partial charge in [0.25, 0.3) is 5.91 Å². The van der Waals surface area contributed by atoms with Gasteiger partial charge in [0.05, 0.1) is 22.3 Å². The normalized spacial score (nSPS) is 10.3. The molecule has 0 heterocycles. The highest BCUT2D eigenvalue weighted by Crippen LogP contribution is 2.29. The fraction of sp³-hybridized carbons (Fsp3) is 0.176. The number of halogens is 4. The highest BCUT2D eigenvalue weighted by atomic mass is 35.5. The summed E-state index contributed by atoms with van der Waals surface area (Å²) in [6.07, 6.45) is 0. The summed E-state index contributed by atoms with van der Waals surface area (Å²) in [5.41, 5.74) is 0.298. The second kappa shape index (κ2) is 9.33. The highest BCUT2D eigenvalue weighted by Gasteiger charge is 2.16. The molecule has 2 rings (SSSR count). The third-order valence-electron chi connectivity index (χ3n) is 3.23. The zero-order chi connectivity index (χ0) is 19.3. The average molecular weight is 436 g/mol. The van der Waals surface area contributed by atoms with E-state index in [0.29, 0.717) is 31.5 Å². The Morgan fingerprint density at radius 2 is 1.62 bits per heavy atom. The summed E-state index contributed by atoms with van der Waals surface area (Å²) in [5.74, 6) is -0.486. The molecule has 2 aromatic carbocycles. The average Bonchev–Trinajstić information content (AvgIpc) is 2.55. The molecule has 26 heavy (non-hydrogen) atoms. The van der Waals surface area contributed by atoms with Crippen LogP contribution in [0.4, 0.5) is 5.69 Å². The van der Waals surface area contributed by atoms with Gasteiger partial charge in [0.15, 0.2) is 6.61 Å². The van der Waals surface area contributed by atoms with E-state index in [0.717, 1.165) is 0 Å². The molecule has 1 N–H and O–H groups in total. The summed E-state index contributed by atoms with van der Waals surface area (Å²) in [5, 5.41) is 3.98. The predicted octanol–water partition coefficient (Wildman–Crippen LogP) is 4.78. The Balaban J connectivity index is 1.89. The van der Waals surface area contributed by atoms with E-state index >= 15 is 0 Å². The lowest BCUT2D eigenvalue weighted by molar-refractivity contribution is -0.135. The first-order valence-corrected chi connectivity index (χ1v) is 8.84. The van der Waals surface area contributed by atoms with Gasteiger partial charge >= 0.3 is 0 Å². The minimum absolute atomic E-state index is 0.194. The molecule has 9 heteroatoms. The van der Waals surface area contributed by atoms with Gasteiger partial charge in [-0.25, -0.2) is 0 Å². The third kappa shape index (κ3) is 5.95. The van der Waals surface area contributed by atoms with Crippen molar-refractivity contribution in [1.82, 2.24) is 4.90 Å². The van der Waals surface area contributed by atoms with Crippen molar-refractivity contribution in [2.24, 2.45) is 0 Å². The number of hydrogen-bond acceptors (Lipinski definition) is 3. The van der Waals surface area contributed by atoms with E-state index in [2.05, 4.69) is 5.32 Å². The number of carbonyl (C=O) groups excluding carboxylic acids is 2. The van der Waals surface area contributed by atoms with Crippen LogP contribution in [0.15, 0.2) is 36.4 Å². The van der Waals surface area contributed by atoms with Crippen LogP contribution in [0.1, 0.15) is 0 Å². The number of benzene rings is 2. The number of hydrogen-bond donors (Lipinski definition) is 1. The molecule has 0 saturated carbocycles. The zero-order valence-electron chi connectivity index (χ0n) is 13.6. The minimum Gasteiger partial charge on any atom is -0.484 e. The lowest BCUT2D eigenvalue weighted by Crippen LogP contribution is -2.37. The predicted molar refractivity (Wildman–Crippen MR) is 105 cm³/mol. The van der Waals surface area contributed by atoms with Crippen LogP contribution in [0.3, 0.4) is 0 Å². The van der Waals surface area contributed by atoms with E-state index < -0.39 is 11.8 Å². The number of rotatable bonds is 6. The van der Waals surface area contributed by atoms with E-state index in [-0.39, 0.29) is 13.2 Å². The monoisotopic (exact) mass is 434 g/mol. The summed E-state index contributed by atoms with van der Waals surface area (Å²) in [7, 11) is 1.48. The van der Waals surface area contributed by atoms with Gasteiger partial charge < -0.3 is 15.0 Å². The number of ether oxygens (including phenoxy) is 1. The van der Waals surface area contributed by atoms with E-state index in [9.17, 15) is 9.59 Å². The van der Waals surface area contributed by atoms with Gasteiger partial charge in [-0.2, -0.15) is 0 Å². The molecular weight excluding hydrogens is 422 g/mol. The van der Waals surface area contributed by atoms with Gasteiger partial charge in [-0.05, 0) is 30.3 Å². The van der Waals surface area contributed by atoms with Crippen LogP contribution in [-0.4, -0.2) is 36.9 Å². The topological polar surface area (TPSA) is 58.6 Å². The summed E-state index contributed by atoms with van der Waals surface area (Å²) in [6, 6.07) is 9.48. The van der Waals surface area contributed by atoms with Gasteiger partial charge in [-0.15, -0.1) is 0 Å². The molecule has 0 atom stereocenters. The molecule has 5 nitrogen and oxygen atoms in total. The first kappa shape index (κ1) is 20.6. The Labute approximate surface area is 170 Å². The molecule has 0 aromatic heterocycles. The van der Waals surface area contributed by atoms with Crippen LogP contribution in [0.25, 0.3) is 0 Å². The molecule has 0 aliphatic carbocycles. The summed E-state index contributed by atoms with van der Waals surface area (Å²) >= 11 is 23.7. The summed E-state index contributed by atoms with van der Waals surface area (Å²) < 4.78 is 5.35. The maximum atomic E-state index is 12.1. The molecule has 0 fully saturated rings. The van der Waals surface area contributed by atoms with Crippen LogP contribution in [0.5, 0.6) is 5.75 Å². The molecule has 0 unspecified atom stereocenters. The number of carbonyl (C=O) groups is 2. The van der Waals surface area contributed by atoms with Crippen molar-refractivity contribution in [3.05, 3.63) is 56.5 Å². The van der Waals surface area contributed by atoms with E-state index in [1.807, 2.05) is 0 Å². The van der Waals surface area contributed by atoms with Crippen molar-refractivity contribution >= 4 is 63.9 Å². The molecule has 0 radical (unpaired) electrons. The van der Waals surface area contributed by atoms with Crippen LogP contribution >= 0.6 is 46.4 Å². The number of amides is 2. The Hall–Kier alpha value is -1.66. The molecule has 0 aliphatic rings. The minimum atomic E-state index is -0.443. The second-order valence-corrected chi connectivity index (χ2v) is 6.98. The van der Waals surface area contributed by atoms with Crippen molar-refractivity contribution in [3.8, 4) is 5.75 Å². The molecular formula is C17H14Cl4N2O3. The Kier molecular flexibility index (Phi) is 7.41. The van der Waals surface area contributed by atoms with Gasteiger partial charge in [-0.3, -0.25) is 9.59 Å². The number of nitrogens with zero attached hydrogens (tertiary/aromatic N) is 1. The zero-order valence-corrected chi connectivity index (χ0v) is 16.6. The van der Waals surface area contributed by atoms with E-state index in [1.165, 1.54) is 24.1 Å². The summed E-state index contributed by atoms with van der Waals surface area (Å²) in [6.45, 7) is -0.465. The fourth-order valence-electron chi connectivity index (χ4n) is 1.97. The molecule has 0 aliphatic heterocycles. The first-order chi connectivity index (χ1) is 12.3. The lowest BCUT2D eigenvalue weighted by Gasteiger charge is -2.18. The van der Waals surface area contributed by atoms with Crippen molar-refractivity contribution < 1.29 is 14.3 Å². The number of para-hydroxylation sites is 1. The van der Waals surface area contributed by atoms with E-state index in [4.69, 9.17) is 51.1 Å². The van der Waals surface area contributed by atoms with Gasteiger partial charge in [0.1, 0.15) is 5.75 Å². The molecule has 0 bridgehead atoms. The summed E-state index contributed by atoms with van der Waals surface area (Å²) in [4.78, 5) is 25.4. The molecule has 0 saturated heterocycles. The number of nitrogens with one attached hydrogen (secondary N) is 1. The van der Waals surface area contributed by atoms with Crippen LogP contribution in [-0.2, 0) is 9.59 Å². The Morgan fingerprint density at radius 3 is 2.19 bits per heavy atom. The van der Waals surface area contributed by atoms with Crippen LogP contribution < -0.4 is 10.1 Å². The standard InChI is InChI=1S/C17H14Cl4N2O3/c1-23(8-15(24)22-17-13(20)3-2-4-14(17)21)16(25)9-26-12-6-10(18)5-11(19)7-12/h2-7H,8-9H2,1H3,(H,22,24). The quantitative estimate of drug-likeness (QED) is 0.710. The lowest BCUT2D eigenvalue weighted by atomic mass is 10.3. The SMILES string of the molecule is CN(CC(=O)Nc1c(Cl)cccc1Cl)C(=O)COc1cc(Cl)cc(Cl)c1. The van der Waals surface area contributed by atoms with Crippen LogP contribution in [0.2, 0.25) is 20.1 Å². The van der Waals surface area contributed by atoms with Gasteiger partial charge in [0, 0.05) is 17.1 Å². The molecule has 2 aromatic rings. The molecule has 0 spiro atoms. The van der Waals surface area contributed by atoms with E-state index in [1.54, 1.807) is 24.3 Å². The van der Waals surface area contributed by atoms with Crippen LogP contribution in [0, 0.1) is 0 Å². The van der Waals surface area contributed by atoms with Crippen molar-refractivity contribution in [1.29, 1.82) is 0 Å². The van der Waals surface area contributed by atoms with Crippen molar-refractivity contribution in [3.63, 3.8) is 0 Å². The molecule has 138 valence electrons. The Morgan fingerprint density at radius 1 is 1.04 bits per heavy atom. The second-order valence-electron chi connectivity index (χ2n) is 5.29. The van der Waals surface area contributed by atoms with Crippen molar-refractivity contribution in [2.75, 3.05) is 25.5 Å². The maximum absolute atomic E-state index is 12.1. The third-order valence-corrected chi connectivity index (χ3v) is 4.30. The molecule has 2 amide bonds. The largest absolute Gasteiger partial charge is 0.484 e. The van der Waals surface area contributed by atoms with Crippen molar-refractivity contribution in [2.45, 2.75) is 0 Å². The maximum Gasteiger partial charge on any atom is 0.260 e. The van der Waals surface area contributed by atoms with Gasteiger partial charge in [-0.1, -0.05) is 52.5 Å². The fourth-order valence-corrected chi connectivity index (χ4v) is 2.96. The van der Waals surface area contributed by atoms with Gasteiger partial charge in [0.2, 0.25) is 5.91 Å². The highest BCUT2D eigenvalue weighted by molar-refractivity contribution is 6.39. The number of anilines is 1. The number of likely N-dealkylation sites (N-methyl/N-ethyl adjacent to an activating group) is 1. The Bertz CT molecular complexity index is 789. The smallest absolute Gasteiger partial charge is 0.260 e. The first-order valence-electron chi connectivity index (χ1n) is 7.33.